The summed E-state index contributed by atoms with van der Waals surface area (Å²) >= 11 is 0. The third-order valence-electron chi connectivity index (χ3n) is 1.95. The fourth-order valence-electron chi connectivity index (χ4n) is 1.19. The standard InChI is InChI=1S/C11H12N2O3/c1-3-16-11(14)10(5-12)8-4-9(15-2)7-13-6-8/h4,6-7,10H,3H2,1-2H3. The van der Waals surface area contributed by atoms with Gasteiger partial charge in [0.25, 0.3) is 0 Å². The zero-order valence-corrected chi connectivity index (χ0v) is 9.14. The molecule has 0 aliphatic carbocycles. The molecular weight excluding hydrogens is 208 g/mol. The van der Waals surface area contributed by atoms with E-state index in [-0.39, 0.29) is 6.61 Å². The van der Waals surface area contributed by atoms with Crippen LogP contribution in [0.4, 0.5) is 0 Å². The zero-order chi connectivity index (χ0) is 12.0. The van der Waals surface area contributed by atoms with E-state index in [4.69, 9.17) is 14.7 Å². The molecule has 5 heteroatoms. The van der Waals surface area contributed by atoms with Gasteiger partial charge in [-0.3, -0.25) is 9.78 Å². The first-order valence-corrected chi connectivity index (χ1v) is 4.78. The average Bonchev–Trinajstić information content (AvgIpc) is 2.31. The van der Waals surface area contributed by atoms with Crippen LogP contribution in [0.2, 0.25) is 0 Å². The molecule has 0 aliphatic rings. The maximum Gasteiger partial charge on any atom is 0.327 e. The Kier molecular flexibility index (Phi) is 4.28. The number of nitriles is 1. The van der Waals surface area contributed by atoms with E-state index in [1.807, 2.05) is 6.07 Å². The summed E-state index contributed by atoms with van der Waals surface area (Å²) in [6, 6.07) is 3.48. The van der Waals surface area contributed by atoms with Crippen LogP contribution in [0, 0.1) is 11.3 Å². The minimum Gasteiger partial charge on any atom is -0.495 e. The van der Waals surface area contributed by atoms with Crippen LogP contribution in [0.25, 0.3) is 0 Å². The Labute approximate surface area is 93.6 Å². The number of pyridine rings is 1. The molecule has 1 heterocycles. The van der Waals surface area contributed by atoms with Gasteiger partial charge in [-0.1, -0.05) is 0 Å². The first-order chi connectivity index (χ1) is 7.72. The van der Waals surface area contributed by atoms with Crippen LogP contribution in [0.3, 0.4) is 0 Å². The van der Waals surface area contributed by atoms with E-state index in [9.17, 15) is 4.79 Å². The van der Waals surface area contributed by atoms with Crippen molar-refractivity contribution in [1.29, 1.82) is 5.26 Å². The minimum absolute atomic E-state index is 0.244. The SMILES string of the molecule is CCOC(=O)C(C#N)c1cncc(OC)c1. The molecule has 1 unspecified atom stereocenters. The highest BCUT2D eigenvalue weighted by Gasteiger charge is 2.22. The zero-order valence-electron chi connectivity index (χ0n) is 9.14. The second-order valence-electron chi connectivity index (χ2n) is 2.97. The topological polar surface area (TPSA) is 72.2 Å². The van der Waals surface area contributed by atoms with Gasteiger partial charge in [-0.05, 0) is 13.0 Å². The maximum absolute atomic E-state index is 11.5. The van der Waals surface area contributed by atoms with Crippen LogP contribution in [-0.2, 0) is 9.53 Å². The van der Waals surface area contributed by atoms with E-state index in [2.05, 4.69) is 4.98 Å². The van der Waals surface area contributed by atoms with Crippen molar-refractivity contribution in [2.75, 3.05) is 13.7 Å². The number of aromatic nitrogens is 1. The van der Waals surface area contributed by atoms with Gasteiger partial charge in [0.05, 0.1) is 26.0 Å². The predicted octanol–water partition coefficient (Wildman–Crippen LogP) is 1.26. The normalized spacial score (nSPS) is 11.3. The number of ether oxygens (including phenoxy) is 2. The second-order valence-corrected chi connectivity index (χ2v) is 2.97. The van der Waals surface area contributed by atoms with Crippen molar-refractivity contribution in [3.8, 4) is 11.8 Å². The third kappa shape index (κ3) is 2.70. The summed E-state index contributed by atoms with van der Waals surface area (Å²) in [5, 5.41) is 8.92. The van der Waals surface area contributed by atoms with Crippen molar-refractivity contribution in [2.45, 2.75) is 12.8 Å². The maximum atomic E-state index is 11.5. The van der Waals surface area contributed by atoms with Gasteiger partial charge in [-0.15, -0.1) is 0 Å². The molecule has 5 nitrogen and oxygen atoms in total. The molecule has 1 aromatic heterocycles. The monoisotopic (exact) mass is 220 g/mol. The fourth-order valence-corrected chi connectivity index (χ4v) is 1.19. The highest BCUT2D eigenvalue weighted by atomic mass is 16.5. The molecule has 1 atom stereocenters. The smallest absolute Gasteiger partial charge is 0.327 e. The van der Waals surface area contributed by atoms with E-state index < -0.39 is 11.9 Å². The number of rotatable bonds is 4. The van der Waals surface area contributed by atoms with Crippen molar-refractivity contribution in [3.05, 3.63) is 24.0 Å². The molecule has 1 rings (SSSR count). The molecule has 84 valence electrons. The van der Waals surface area contributed by atoms with Crippen LogP contribution >= 0.6 is 0 Å². The molecule has 0 amide bonds. The van der Waals surface area contributed by atoms with E-state index in [0.717, 1.165) is 0 Å². The predicted molar refractivity (Wildman–Crippen MR) is 55.8 cm³/mol. The summed E-state index contributed by atoms with van der Waals surface area (Å²) in [5.74, 6) is -1.02. The Balaban J connectivity index is 2.95. The van der Waals surface area contributed by atoms with Gasteiger partial charge in [0, 0.05) is 11.8 Å². The first kappa shape index (κ1) is 12.0. The molecule has 0 bridgehead atoms. The third-order valence-corrected chi connectivity index (χ3v) is 1.95. The second kappa shape index (κ2) is 5.71. The van der Waals surface area contributed by atoms with Gasteiger partial charge < -0.3 is 9.47 Å². The average molecular weight is 220 g/mol. The van der Waals surface area contributed by atoms with Crippen LogP contribution in [0.15, 0.2) is 18.5 Å². The van der Waals surface area contributed by atoms with Crippen molar-refractivity contribution >= 4 is 5.97 Å². The van der Waals surface area contributed by atoms with Gasteiger partial charge in [-0.25, -0.2) is 0 Å². The van der Waals surface area contributed by atoms with E-state index in [1.165, 1.54) is 19.5 Å². The van der Waals surface area contributed by atoms with Crippen LogP contribution in [0.5, 0.6) is 5.75 Å². The minimum atomic E-state index is -0.956. The molecule has 0 fully saturated rings. The van der Waals surface area contributed by atoms with E-state index >= 15 is 0 Å². The van der Waals surface area contributed by atoms with Crippen molar-refractivity contribution in [2.24, 2.45) is 0 Å². The Morgan fingerprint density at radius 3 is 2.94 bits per heavy atom. The molecule has 0 aromatic carbocycles. The summed E-state index contributed by atoms with van der Waals surface area (Å²) < 4.78 is 9.76. The number of esters is 1. The Morgan fingerprint density at radius 2 is 2.38 bits per heavy atom. The molecule has 1 aromatic rings. The highest BCUT2D eigenvalue weighted by Crippen LogP contribution is 2.20. The lowest BCUT2D eigenvalue weighted by molar-refractivity contribution is -0.143. The summed E-state index contributed by atoms with van der Waals surface area (Å²) in [7, 11) is 1.49. The van der Waals surface area contributed by atoms with Gasteiger partial charge in [0.1, 0.15) is 5.75 Å². The van der Waals surface area contributed by atoms with Gasteiger partial charge >= 0.3 is 5.97 Å². The fraction of sp³-hybridized carbons (Fsp3) is 0.364. The Bertz CT molecular complexity index is 412. The molecule has 0 aliphatic heterocycles. The summed E-state index contributed by atoms with van der Waals surface area (Å²) in [6.07, 6.45) is 2.95. The Hall–Kier alpha value is -2.09. The molecule has 0 radical (unpaired) electrons. The number of carbonyl (C=O) groups excluding carboxylic acids is 1. The quantitative estimate of drug-likeness (QED) is 0.714. The lowest BCUT2D eigenvalue weighted by Gasteiger charge is -2.08. The summed E-state index contributed by atoms with van der Waals surface area (Å²) in [4.78, 5) is 15.3. The highest BCUT2D eigenvalue weighted by molar-refractivity contribution is 5.81. The van der Waals surface area contributed by atoms with Crippen molar-refractivity contribution < 1.29 is 14.3 Å². The van der Waals surface area contributed by atoms with Gasteiger partial charge in [0.15, 0.2) is 5.92 Å². The number of carbonyl (C=O) groups is 1. The van der Waals surface area contributed by atoms with Gasteiger partial charge in [-0.2, -0.15) is 5.26 Å². The van der Waals surface area contributed by atoms with E-state index in [0.29, 0.717) is 11.3 Å². The van der Waals surface area contributed by atoms with Crippen molar-refractivity contribution in [1.82, 2.24) is 4.98 Å². The number of hydrogen-bond donors (Lipinski definition) is 0. The van der Waals surface area contributed by atoms with Crippen LogP contribution < -0.4 is 4.74 Å². The Morgan fingerprint density at radius 1 is 1.62 bits per heavy atom. The summed E-state index contributed by atoms with van der Waals surface area (Å²) in [5.41, 5.74) is 0.473. The lowest BCUT2D eigenvalue weighted by Crippen LogP contribution is -2.14. The first-order valence-electron chi connectivity index (χ1n) is 4.78. The molecular formula is C11H12N2O3. The molecule has 16 heavy (non-hydrogen) atoms. The summed E-state index contributed by atoms with van der Waals surface area (Å²) in [6.45, 7) is 1.94. The van der Waals surface area contributed by atoms with Crippen molar-refractivity contribution in [3.63, 3.8) is 0 Å². The lowest BCUT2D eigenvalue weighted by atomic mass is 10.0. The van der Waals surface area contributed by atoms with E-state index in [1.54, 1.807) is 13.0 Å². The molecule has 0 spiro atoms. The largest absolute Gasteiger partial charge is 0.495 e. The molecule has 0 saturated carbocycles. The van der Waals surface area contributed by atoms with Crippen LogP contribution in [0.1, 0.15) is 18.4 Å². The number of nitrogens with zero attached hydrogens (tertiary/aromatic N) is 2. The molecule has 0 saturated heterocycles. The van der Waals surface area contributed by atoms with Crippen LogP contribution in [-0.4, -0.2) is 24.7 Å². The molecule has 0 N–H and O–H groups in total. The number of hydrogen-bond acceptors (Lipinski definition) is 5. The van der Waals surface area contributed by atoms with Gasteiger partial charge in [0.2, 0.25) is 0 Å². The number of methoxy groups -OCH3 is 1.